The highest BCUT2D eigenvalue weighted by Gasteiger charge is 2.44. The van der Waals surface area contributed by atoms with Crippen LogP contribution in [0.5, 0.6) is 0 Å². The van der Waals surface area contributed by atoms with Gasteiger partial charge in [0.1, 0.15) is 0 Å². The first kappa shape index (κ1) is 16.5. The van der Waals surface area contributed by atoms with Crippen LogP contribution >= 0.6 is 11.6 Å². The molecule has 0 radical (unpaired) electrons. The van der Waals surface area contributed by atoms with Crippen molar-refractivity contribution in [3.63, 3.8) is 0 Å². The smallest absolute Gasteiger partial charge is 0.251 e. The number of fused-ring (bicyclic) bond motifs is 3. The van der Waals surface area contributed by atoms with Gasteiger partial charge in [-0.05, 0) is 30.2 Å². The number of carbonyl (C=O) groups is 2. The molecule has 3 heterocycles. The van der Waals surface area contributed by atoms with Crippen LogP contribution in [0.2, 0.25) is 5.02 Å². The van der Waals surface area contributed by atoms with Crippen molar-refractivity contribution in [2.75, 3.05) is 11.4 Å². The fourth-order valence-corrected chi connectivity index (χ4v) is 4.49. The highest BCUT2D eigenvalue weighted by atomic mass is 35.5. The van der Waals surface area contributed by atoms with E-state index in [1.165, 1.54) is 15.8 Å². The molecule has 2 amide bonds. The minimum absolute atomic E-state index is 0.187. The maximum atomic E-state index is 13.0. The fourth-order valence-electron chi connectivity index (χ4n) is 4.27. The quantitative estimate of drug-likeness (QED) is 0.693. The zero-order chi connectivity index (χ0) is 18.5. The predicted octanol–water partition coefficient (Wildman–Crippen LogP) is 3.51. The molecule has 1 N–H and O–H groups in total. The monoisotopic (exact) mass is 379 g/mol. The maximum absolute atomic E-state index is 13.0. The molecule has 2 aliphatic rings. The van der Waals surface area contributed by atoms with Gasteiger partial charge in [-0.2, -0.15) is 0 Å². The third-order valence-electron chi connectivity index (χ3n) is 5.57. The number of hydrogen-bond acceptors (Lipinski definition) is 3. The van der Waals surface area contributed by atoms with E-state index in [0.29, 0.717) is 17.3 Å². The molecular formula is C21H18ClN3O2. The van der Waals surface area contributed by atoms with Gasteiger partial charge >= 0.3 is 0 Å². The number of benzene rings is 2. The Balaban J connectivity index is 1.44. The molecule has 0 spiro atoms. The number of halogens is 1. The van der Waals surface area contributed by atoms with Gasteiger partial charge < -0.3 is 4.98 Å². The summed E-state index contributed by atoms with van der Waals surface area (Å²) in [6.07, 6.45) is 1.06. The number of para-hydroxylation sites is 2. The number of hydrogen-bond donors (Lipinski definition) is 1. The number of rotatable bonds is 2. The van der Waals surface area contributed by atoms with E-state index in [4.69, 9.17) is 11.6 Å². The Bertz CT molecular complexity index is 1070. The second kappa shape index (κ2) is 6.22. The van der Waals surface area contributed by atoms with Crippen molar-refractivity contribution < 1.29 is 9.59 Å². The third-order valence-corrected chi connectivity index (χ3v) is 5.89. The lowest BCUT2D eigenvalue weighted by Gasteiger charge is -2.30. The number of nitrogens with zero attached hydrogens (tertiary/aromatic N) is 2. The van der Waals surface area contributed by atoms with Crippen molar-refractivity contribution in [2.45, 2.75) is 25.4 Å². The molecule has 1 aromatic heterocycles. The van der Waals surface area contributed by atoms with Crippen molar-refractivity contribution >= 4 is 40.0 Å². The van der Waals surface area contributed by atoms with Crippen molar-refractivity contribution in [3.05, 3.63) is 64.8 Å². The summed E-state index contributed by atoms with van der Waals surface area (Å²) in [6, 6.07) is 14.8. The number of amides is 2. The zero-order valence-electron chi connectivity index (χ0n) is 14.6. The molecule has 0 bridgehead atoms. The summed E-state index contributed by atoms with van der Waals surface area (Å²) in [5.74, 6) is -0.381. The molecule has 1 fully saturated rings. The van der Waals surface area contributed by atoms with Crippen molar-refractivity contribution in [2.24, 2.45) is 0 Å². The van der Waals surface area contributed by atoms with Crippen LogP contribution < -0.4 is 4.90 Å². The normalized spacial score (nSPS) is 20.5. The molecule has 3 aromatic rings. The van der Waals surface area contributed by atoms with E-state index in [1.54, 1.807) is 24.3 Å². The second-order valence-corrected chi connectivity index (χ2v) is 7.49. The lowest BCUT2D eigenvalue weighted by atomic mass is 10.0. The molecule has 6 heteroatoms. The van der Waals surface area contributed by atoms with Gasteiger partial charge in [-0.1, -0.05) is 41.9 Å². The number of carbonyl (C=O) groups excluding carboxylic acids is 2. The van der Waals surface area contributed by atoms with E-state index in [1.807, 2.05) is 12.1 Å². The summed E-state index contributed by atoms with van der Waals surface area (Å²) in [5, 5.41) is 1.66. The Morgan fingerprint density at radius 3 is 2.67 bits per heavy atom. The van der Waals surface area contributed by atoms with E-state index in [2.05, 4.69) is 22.0 Å². The lowest BCUT2D eigenvalue weighted by molar-refractivity contribution is -0.123. The van der Waals surface area contributed by atoms with Gasteiger partial charge in [0.2, 0.25) is 5.91 Å². The molecule has 5 nitrogen and oxygen atoms in total. The van der Waals surface area contributed by atoms with Crippen LogP contribution in [0, 0.1) is 0 Å². The van der Waals surface area contributed by atoms with Crippen LogP contribution in [0.4, 0.5) is 5.69 Å². The van der Waals surface area contributed by atoms with Gasteiger partial charge in [-0.15, -0.1) is 0 Å². The molecule has 0 aliphatic carbocycles. The molecule has 5 rings (SSSR count). The Morgan fingerprint density at radius 2 is 1.81 bits per heavy atom. The molecule has 0 unspecified atom stereocenters. The van der Waals surface area contributed by atoms with Gasteiger partial charge in [-0.25, -0.2) is 4.90 Å². The molecule has 0 saturated carbocycles. The average molecular weight is 380 g/mol. The first-order chi connectivity index (χ1) is 13.1. The average Bonchev–Trinajstić information content (AvgIpc) is 3.19. The summed E-state index contributed by atoms with van der Waals surface area (Å²) in [5.41, 5.74) is 4.05. The molecule has 2 aliphatic heterocycles. The first-order valence-electron chi connectivity index (χ1n) is 9.07. The van der Waals surface area contributed by atoms with Crippen molar-refractivity contribution in [1.82, 2.24) is 9.88 Å². The van der Waals surface area contributed by atoms with E-state index in [0.717, 1.165) is 24.2 Å². The topological polar surface area (TPSA) is 56.4 Å². The molecule has 1 saturated heterocycles. The van der Waals surface area contributed by atoms with Crippen LogP contribution in [0.1, 0.15) is 17.7 Å². The molecule has 136 valence electrons. The number of H-pyrrole nitrogens is 1. The molecule has 27 heavy (non-hydrogen) atoms. The minimum Gasteiger partial charge on any atom is -0.357 e. The second-order valence-electron chi connectivity index (χ2n) is 7.09. The van der Waals surface area contributed by atoms with Crippen molar-refractivity contribution in [3.8, 4) is 0 Å². The van der Waals surface area contributed by atoms with Crippen LogP contribution in [0.25, 0.3) is 10.9 Å². The number of aromatic nitrogens is 1. The summed E-state index contributed by atoms with van der Waals surface area (Å²) in [4.78, 5) is 32.5. The van der Waals surface area contributed by atoms with Gasteiger partial charge in [0.05, 0.1) is 23.2 Å². The highest BCUT2D eigenvalue weighted by Crippen LogP contribution is 2.34. The van der Waals surface area contributed by atoms with Crippen LogP contribution in [0.3, 0.4) is 0 Å². The van der Waals surface area contributed by atoms with Gasteiger partial charge in [0.25, 0.3) is 5.91 Å². The van der Waals surface area contributed by atoms with Crippen LogP contribution in [-0.4, -0.2) is 34.3 Å². The highest BCUT2D eigenvalue weighted by molar-refractivity contribution is 6.36. The first-order valence-corrected chi connectivity index (χ1v) is 9.45. The summed E-state index contributed by atoms with van der Waals surface area (Å²) >= 11 is 6.22. The summed E-state index contributed by atoms with van der Waals surface area (Å²) in [6.45, 7) is 1.40. The Labute approximate surface area is 161 Å². The van der Waals surface area contributed by atoms with Gasteiger partial charge in [0.15, 0.2) is 0 Å². The third kappa shape index (κ3) is 2.58. The maximum Gasteiger partial charge on any atom is 0.251 e. The van der Waals surface area contributed by atoms with E-state index in [9.17, 15) is 9.59 Å². The number of anilines is 1. The van der Waals surface area contributed by atoms with E-state index < -0.39 is 6.04 Å². The van der Waals surface area contributed by atoms with Gasteiger partial charge in [-0.3, -0.25) is 14.5 Å². The van der Waals surface area contributed by atoms with Crippen LogP contribution in [0.15, 0.2) is 48.5 Å². The Kier molecular flexibility index (Phi) is 3.81. The van der Waals surface area contributed by atoms with Crippen molar-refractivity contribution in [1.29, 1.82) is 0 Å². The van der Waals surface area contributed by atoms with Crippen LogP contribution in [-0.2, 0) is 22.6 Å². The lowest BCUT2D eigenvalue weighted by Crippen LogP contribution is -2.44. The molecule has 1 atom stereocenters. The largest absolute Gasteiger partial charge is 0.357 e. The van der Waals surface area contributed by atoms with E-state index in [-0.39, 0.29) is 18.2 Å². The Morgan fingerprint density at radius 1 is 1.04 bits per heavy atom. The number of aromatic amines is 1. The van der Waals surface area contributed by atoms with E-state index >= 15 is 0 Å². The number of imide groups is 1. The minimum atomic E-state index is -0.437. The fraction of sp³-hybridized carbons (Fsp3) is 0.238. The summed E-state index contributed by atoms with van der Waals surface area (Å²) < 4.78 is 0. The SMILES string of the molecule is O=C1C[C@@H](N2CCc3c([nH]c4ccccc34)C2)C(=O)N1c1ccccc1Cl. The number of nitrogens with one attached hydrogen (secondary N) is 1. The molecular weight excluding hydrogens is 362 g/mol. The standard InChI is InChI=1S/C21H18ClN3O2/c22-15-6-2-4-8-18(15)25-20(26)11-19(21(25)27)24-10-9-14-13-5-1-3-7-16(13)23-17(14)12-24/h1-8,19,23H,9-12H2/t19-/m1/s1. The zero-order valence-corrected chi connectivity index (χ0v) is 15.4. The summed E-state index contributed by atoms with van der Waals surface area (Å²) in [7, 11) is 0. The predicted molar refractivity (Wildman–Crippen MR) is 105 cm³/mol. The van der Waals surface area contributed by atoms with Gasteiger partial charge in [0, 0.05) is 29.7 Å². The molecule has 2 aromatic carbocycles. The Hall–Kier alpha value is -2.63.